The molecule has 3 aliphatic heterocycles. The van der Waals surface area contributed by atoms with Gasteiger partial charge in [0.2, 0.25) is 0 Å². The van der Waals surface area contributed by atoms with Crippen LogP contribution in [0.15, 0.2) is 84.0 Å². The zero-order chi connectivity index (χ0) is 53.5. The predicted octanol–water partition coefficient (Wildman–Crippen LogP) is 9.37. The van der Waals surface area contributed by atoms with E-state index < -0.39 is 107 Å². The maximum atomic E-state index is 14.9. The number of Topliss-reactive ketones (excluding diaryl/α,β-unsaturated/α-hetero) is 2. The number of nitrogens with one attached hydrogen (secondary N) is 1. The number of amides is 2. The third kappa shape index (κ3) is 11.6. The number of hydrogen-bond donors (Lipinski definition) is 1. The minimum absolute atomic E-state index is 0.0239. The molecule has 3 aromatic rings. The lowest BCUT2D eigenvalue weighted by Gasteiger charge is -2.47. The molecule has 7 rings (SSSR count). The highest BCUT2D eigenvalue weighted by atomic mass is 16.7. The molecule has 74 heavy (non-hydrogen) atoms. The first kappa shape index (κ1) is 55.4. The normalized spacial score (nSPS) is 31.4. The molecule has 398 valence electrons. The van der Waals surface area contributed by atoms with Crippen molar-refractivity contribution in [3.05, 3.63) is 106 Å². The fourth-order valence-corrected chi connectivity index (χ4v) is 11.7. The molecule has 3 heterocycles. The summed E-state index contributed by atoms with van der Waals surface area (Å²) in [5, 5.41) is 6.65. The standard InChI is InChI=1S/C56H71N5O13/c1-10-45-56(8)48(61(54(67)74-56)27-19-18-26-58-60-57)34(4)46(62)32(2)29-55(7,68-9)49(35(5)47(63)36(6)50(64)72-45)73-52-33(3)44(28-38(71-52)30-69-51(65)37-20-12-11-13-21-37)59-53(66)70-31-43-41-24-16-14-22-39(41)40-23-15-17-25-42(40)43/h11-17,20-25,32-36,38,43-45,48-49,52H,10,18-19,26-31H2,1-9H3,(H,59,66)/t32-,33?,34+,35+,36-,38?,44?,45-,48-,49-,52?,55+,56-/m1/s1. The van der Waals surface area contributed by atoms with Gasteiger partial charge in [-0.1, -0.05) is 106 Å². The van der Waals surface area contributed by atoms with Crippen molar-refractivity contribution in [2.45, 2.75) is 141 Å². The Morgan fingerprint density at radius 3 is 2.14 bits per heavy atom. The number of rotatable bonds is 15. The van der Waals surface area contributed by atoms with E-state index in [0.717, 1.165) is 22.3 Å². The number of benzene rings is 3. The van der Waals surface area contributed by atoms with E-state index >= 15 is 0 Å². The molecule has 1 aliphatic carbocycles. The van der Waals surface area contributed by atoms with Crippen LogP contribution in [-0.2, 0) is 47.5 Å². The number of cyclic esters (lactones) is 1. The van der Waals surface area contributed by atoms with Gasteiger partial charge in [-0.25, -0.2) is 14.4 Å². The number of nitrogens with zero attached hydrogens (tertiary/aromatic N) is 4. The van der Waals surface area contributed by atoms with E-state index in [1.54, 1.807) is 71.9 Å². The topological polar surface area (TPSA) is 231 Å². The van der Waals surface area contributed by atoms with Crippen LogP contribution in [0, 0.1) is 29.6 Å². The first-order valence-corrected chi connectivity index (χ1v) is 25.8. The number of carbonyl (C=O) groups excluding carboxylic acids is 6. The van der Waals surface area contributed by atoms with Gasteiger partial charge >= 0.3 is 24.1 Å². The van der Waals surface area contributed by atoms with Gasteiger partial charge in [-0.2, -0.15) is 0 Å². The second kappa shape index (κ2) is 23.9. The van der Waals surface area contributed by atoms with Gasteiger partial charge in [0.05, 0.1) is 29.4 Å². The van der Waals surface area contributed by atoms with Crippen molar-refractivity contribution >= 4 is 35.7 Å². The number of alkyl carbamates (subject to hydrolysis) is 1. The highest BCUT2D eigenvalue weighted by Gasteiger charge is 2.60. The third-order valence-corrected chi connectivity index (χ3v) is 15.8. The molecule has 13 atom stereocenters. The van der Waals surface area contributed by atoms with Crippen molar-refractivity contribution in [1.82, 2.24) is 10.2 Å². The summed E-state index contributed by atoms with van der Waals surface area (Å²) in [5.41, 5.74) is 10.5. The Labute approximate surface area is 433 Å². The number of azide groups is 1. The molecule has 0 aromatic heterocycles. The number of esters is 2. The summed E-state index contributed by atoms with van der Waals surface area (Å²) in [6.45, 7) is 13.8. The first-order valence-electron chi connectivity index (χ1n) is 25.8. The van der Waals surface area contributed by atoms with Crippen LogP contribution in [0.4, 0.5) is 9.59 Å². The van der Waals surface area contributed by atoms with E-state index in [1.165, 1.54) is 18.9 Å². The predicted molar refractivity (Wildman–Crippen MR) is 272 cm³/mol. The van der Waals surface area contributed by atoms with Crippen molar-refractivity contribution in [3.63, 3.8) is 0 Å². The Bertz CT molecular complexity index is 2530. The van der Waals surface area contributed by atoms with Gasteiger partial charge in [-0.15, -0.1) is 0 Å². The zero-order valence-electron chi connectivity index (χ0n) is 43.9. The maximum Gasteiger partial charge on any atom is 0.410 e. The molecule has 0 saturated carbocycles. The third-order valence-electron chi connectivity index (χ3n) is 15.8. The highest BCUT2D eigenvalue weighted by molar-refractivity contribution is 6.00. The minimum Gasteiger partial charge on any atom is -0.459 e. The van der Waals surface area contributed by atoms with Crippen LogP contribution in [0.25, 0.3) is 21.6 Å². The van der Waals surface area contributed by atoms with Gasteiger partial charge in [0.1, 0.15) is 31.0 Å². The quantitative estimate of drug-likeness (QED) is 0.0285. The van der Waals surface area contributed by atoms with Gasteiger partial charge in [-0.05, 0) is 92.8 Å². The summed E-state index contributed by atoms with van der Waals surface area (Å²) in [7, 11) is 1.46. The molecule has 0 bridgehead atoms. The number of carbonyl (C=O) groups is 6. The average Bonchev–Trinajstić information content (AvgIpc) is 3.87. The molecule has 4 unspecified atom stereocenters. The number of fused-ring (bicyclic) bond motifs is 4. The Balaban J connectivity index is 1.18. The molecule has 3 fully saturated rings. The summed E-state index contributed by atoms with van der Waals surface area (Å²) in [4.78, 5) is 89.2. The van der Waals surface area contributed by atoms with Gasteiger partial charge in [0, 0.05) is 60.7 Å². The maximum absolute atomic E-state index is 14.9. The molecule has 2 amide bonds. The van der Waals surface area contributed by atoms with Crippen molar-refractivity contribution in [2.24, 2.45) is 34.7 Å². The van der Waals surface area contributed by atoms with E-state index in [2.05, 4.69) is 27.5 Å². The molecular weight excluding hydrogens is 951 g/mol. The number of ketones is 2. The minimum atomic E-state index is -1.49. The van der Waals surface area contributed by atoms with Crippen molar-refractivity contribution in [3.8, 4) is 11.1 Å². The Morgan fingerprint density at radius 2 is 1.50 bits per heavy atom. The molecule has 0 spiro atoms. The Morgan fingerprint density at radius 1 is 0.851 bits per heavy atom. The monoisotopic (exact) mass is 1020 g/mol. The van der Waals surface area contributed by atoms with E-state index in [1.807, 2.05) is 43.3 Å². The molecule has 4 aliphatic rings. The zero-order valence-corrected chi connectivity index (χ0v) is 43.9. The number of unbranched alkanes of at least 4 members (excludes halogenated alkanes) is 1. The summed E-state index contributed by atoms with van der Waals surface area (Å²) in [5.74, 6) is -7.03. The average molecular weight is 1020 g/mol. The van der Waals surface area contributed by atoms with E-state index in [0.29, 0.717) is 18.4 Å². The Kier molecular flexibility index (Phi) is 17.9. The first-order chi connectivity index (χ1) is 35.4. The summed E-state index contributed by atoms with van der Waals surface area (Å²) in [6.07, 6.45) is -4.26. The van der Waals surface area contributed by atoms with Gasteiger partial charge in [0.15, 0.2) is 17.7 Å². The molecule has 1 N–H and O–H groups in total. The molecule has 0 radical (unpaired) electrons. The number of ether oxygens (including phenoxy) is 7. The lowest BCUT2D eigenvalue weighted by atomic mass is 9.73. The lowest BCUT2D eigenvalue weighted by Crippen LogP contribution is -2.59. The molecule has 3 saturated heterocycles. The van der Waals surface area contributed by atoms with E-state index in [4.69, 9.17) is 38.7 Å². The van der Waals surface area contributed by atoms with Crippen molar-refractivity contribution in [2.75, 3.05) is 33.4 Å². The van der Waals surface area contributed by atoms with Crippen molar-refractivity contribution in [1.29, 1.82) is 0 Å². The van der Waals surface area contributed by atoms with Gasteiger partial charge < -0.3 is 43.4 Å². The van der Waals surface area contributed by atoms with Crippen LogP contribution >= 0.6 is 0 Å². The summed E-state index contributed by atoms with van der Waals surface area (Å²) >= 11 is 0. The van der Waals surface area contributed by atoms with E-state index in [-0.39, 0.29) is 57.3 Å². The van der Waals surface area contributed by atoms with Crippen LogP contribution in [0.2, 0.25) is 0 Å². The fourth-order valence-electron chi connectivity index (χ4n) is 11.7. The van der Waals surface area contributed by atoms with Crippen molar-refractivity contribution < 1.29 is 61.9 Å². The fraction of sp³-hybridized carbons (Fsp3) is 0.571. The molecule has 3 aromatic carbocycles. The molecule has 18 nitrogen and oxygen atoms in total. The SMILES string of the molecule is CC[C@H]1OC(=O)[C@H](C)C(=O)[C@H](C)[C@@H](OC2OC(COC(=O)c3ccccc3)CC(NC(=O)OCC3c4ccccc4-c4ccccc43)C2C)[C@@](C)(OC)C[C@@H](C)C(=O)[C@H](C)[C@H]2N(CCCCN=[N+]=[N-])C(=O)O[C@]12C. The summed E-state index contributed by atoms with van der Waals surface area (Å²) < 4.78 is 44.0. The summed E-state index contributed by atoms with van der Waals surface area (Å²) in [6, 6.07) is 23.0. The van der Waals surface area contributed by atoms with E-state index in [9.17, 15) is 28.8 Å². The van der Waals surface area contributed by atoms with Crippen LogP contribution in [-0.4, -0.2) is 122 Å². The van der Waals surface area contributed by atoms with Crippen LogP contribution in [0.3, 0.4) is 0 Å². The second-order valence-corrected chi connectivity index (χ2v) is 20.7. The highest BCUT2D eigenvalue weighted by Crippen LogP contribution is 2.46. The van der Waals surface area contributed by atoms with Crippen LogP contribution in [0.1, 0.15) is 115 Å². The smallest absolute Gasteiger partial charge is 0.410 e. The number of methoxy groups -OCH3 is 1. The largest absolute Gasteiger partial charge is 0.459 e. The Hall–Kier alpha value is -6.33. The van der Waals surface area contributed by atoms with Gasteiger partial charge in [0.25, 0.3) is 0 Å². The van der Waals surface area contributed by atoms with Gasteiger partial charge in [-0.3, -0.25) is 14.4 Å². The molecular formula is C56H71N5O13. The molecule has 18 heteroatoms. The van der Waals surface area contributed by atoms with Crippen LogP contribution in [0.5, 0.6) is 0 Å². The second-order valence-electron chi connectivity index (χ2n) is 20.7. The number of hydrogen-bond acceptors (Lipinski definition) is 14. The van der Waals surface area contributed by atoms with Crippen LogP contribution < -0.4 is 5.32 Å². The lowest BCUT2D eigenvalue weighted by molar-refractivity contribution is -0.281.